The van der Waals surface area contributed by atoms with E-state index in [4.69, 9.17) is 9.47 Å². The number of hydrogen-bond donors (Lipinski definition) is 0. The number of rotatable bonds is 22. The van der Waals surface area contributed by atoms with Crippen molar-refractivity contribution < 1.29 is 9.47 Å². The molecule has 4 heteroatoms. The Kier molecular flexibility index (Phi) is 12.5. The predicted molar refractivity (Wildman–Crippen MR) is 181 cm³/mol. The number of unbranched alkanes of at least 4 members (excludes halogenated alkanes) is 4. The molecule has 0 atom stereocenters. The van der Waals surface area contributed by atoms with E-state index in [1.165, 1.54) is 33.0 Å². The van der Waals surface area contributed by atoms with Crippen LogP contribution in [0.3, 0.4) is 0 Å². The van der Waals surface area contributed by atoms with E-state index in [9.17, 15) is 0 Å². The van der Waals surface area contributed by atoms with E-state index >= 15 is 0 Å². The number of hydrogen-bond acceptors (Lipinski definition) is 4. The molecule has 0 spiro atoms. The molecule has 0 amide bonds. The van der Waals surface area contributed by atoms with Gasteiger partial charge in [0.15, 0.2) is 0 Å². The lowest BCUT2D eigenvalue weighted by molar-refractivity contribution is 0.289. The Bertz CT molecular complexity index is 1320. The highest BCUT2D eigenvalue weighted by Gasteiger charge is 2.23. The first-order valence-electron chi connectivity index (χ1n) is 15.5. The third-order valence-corrected chi connectivity index (χ3v) is 7.88. The highest BCUT2D eigenvalue weighted by atomic mass is 16.5. The summed E-state index contributed by atoms with van der Waals surface area (Å²) >= 11 is 0. The van der Waals surface area contributed by atoms with E-state index in [0.29, 0.717) is 0 Å². The fraction of sp³-hybridized carbons (Fsp3) is 0.368. The minimum Gasteiger partial charge on any atom is -0.494 e. The second kappa shape index (κ2) is 16.7. The predicted octanol–water partition coefficient (Wildman–Crippen LogP) is 8.93. The lowest BCUT2D eigenvalue weighted by atomic mass is 10.0. The SMILES string of the molecule is C=CCN(CC=C)CCCCCOc1ccc2c(c1)-c1cccc3c(OCCCCCN(CC=C)CC=C)ccc-2c13. The van der Waals surface area contributed by atoms with E-state index in [2.05, 4.69) is 84.6 Å². The average molecular weight is 565 g/mol. The minimum absolute atomic E-state index is 0.729. The fourth-order valence-electron chi connectivity index (χ4n) is 5.87. The Labute approximate surface area is 253 Å². The summed E-state index contributed by atoms with van der Waals surface area (Å²) in [6, 6.07) is 17.5. The van der Waals surface area contributed by atoms with Gasteiger partial charge in [0.1, 0.15) is 11.5 Å². The number of ether oxygens (including phenoxy) is 2. The summed E-state index contributed by atoms with van der Waals surface area (Å²) in [5, 5.41) is 2.48. The third kappa shape index (κ3) is 8.24. The van der Waals surface area contributed by atoms with E-state index < -0.39 is 0 Å². The zero-order valence-corrected chi connectivity index (χ0v) is 25.4. The van der Waals surface area contributed by atoms with Gasteiger partial charge in [0.25, 0.3) is 0 Å². The topological polar surface area (TPSA) is 24.9 Å². The Hall–Kier alpha value is -3.60. The van der Waals surface area contributed by atoms with Crippen molar-refractivity contribution in [2.24, 2.45) is 0 Å². The Balaban J connectivity index is 1.30. The molecule has 222 valence electrons. The molecule has 1 aliphatic carbocycles. The maximum absolute atomic E-state index is 6.33. The monoisotopic (exact) mass is 564 g/mol. The van der Waals surface area contributed by atoms with Crippen LogP contribution in [0.4, 0.5) is 0 Å². The van der Waals surface area contributed by atoms with Crippen molar-refractivity contribution in [2.45, 2.75) is 38.5 Å². The molecule has 0 saturated carbocycles. The zero-order valence-electron chi connectivity index (χ0n) is 25.4. The van der Waals surface area contributed by atoms with Gasteiger partial charge in [-0.25, -0.2) is 0 Å². The lowest BCUT2D eigenvalue weighted by Gasteiger charge is -2.18. The molecule has 3 aromatic carbocycles. The molecule has 0 aromatic heterocycles. The Morgan fingerprint density at radius 2 is 1.12 bits per heavy atom. The second-order valence-electron chi connectivity index (χ2n) is 11.0. The van der Waals surface area contributed by atoms with Crippen LogP contribution in [0.15, 0.2) is 99.2 Å². The van der Waals surface area contributed by atoms with Gasteiger partial charge in [-0.05, 0) is 92.1 Å². The van der Waals surface area contributed by atoms with Crippen molar-refractivity contribution in [3.63, 3.8) is 0 Å². The summed E-state index contributed by atoms with van der Waals surface area (Å²) < 4.78 is 12.5. The quantitative estimate of drug-likeness (QED) is 0.0703. The molecule has 3 aromatic rings. The first kappa shape index (κ1) is 31.3. The molecule has 42 heavy (non-hydrogen) atoms. The molecule has 4 rings (SSSR count). The summed E-state index contributed by atoms with van der Waals surface area (Å²) in [6.07, 6.45) is 14.5. The van der Waals surface area contributed by atoms with Crippen molar-refractivity contribution in [3.8, 4) is 33.8 Å². The van der Waals surface area contributed by atoms with Crippen molar-refractivity contribution in [3.05, 3.63) is 99.2 Å². The van der Waals surface area contributed by atoms with E-state index in [0.717, 1.165) is 103 Å². The molecule has 0 aliphatic heterocycles. The van der Waals surface area contributed by atoms with Gasteiger partial charge >= 0.3 is 0 Å². The third-order valence-electron chi connectivity index (χ3n) is 7.88. The Morgan fingerprint density at radius 1 is 0.548 bits per heavy atom. The van der Waals surface area contributed by atoms with Crippen LogP contribution < -0.4 is 9.47 Å². The number of fused-ring (bicyclic) bond motifs is 3. The first-order chi connectivity index (χ1) is 20.7. The summed E-state index contributed by atoms with van der Waals surface area (Å²) in [5.41, 5.74) is 5.07. The normalized spacial score (nSPS) is 11.6. The molecule has 4 nitrogen and oxygen atoms in total. The van der Waals surface area contributed by atoms with E-state index in [1.54, 1.807) is 0 Å². The van der Waals surface area contributed by atoms with Gasteiger partial charge in [-0.1, -0.05) is 54.6 Å². The maximum atomic E-state index is 6.33. The highest BCUT2D eigenvalue weighted by Crippen LogP contribution is 2.50. The summed E-state index contributed by atoms with van der Waals surface area (Å²) in [5.74, 6) is 1.91. The van der Waals surface area contributed by atoms with Gasteiger partial charge in [0.2, 0.25) is 0 Å². The summed E-state index contributed by atoms with van der Waals surface area (Å²) in [7, 11) is 0. The van der Waals surface area contributed by atoms with Crippen LogP contribution in [0, 0.1) is 0 Å². The first-order valence-corrected chi connectivity index (χ1v) is 15.5. The van der Waals surface area contributed by atoms with E-state index in [1.807, 2.05) is 24.3 Å². The summed E-state index contributed by atoms with van der Waals surface area (Å²) in [6.45, 7) is 22.7. The van der Waals surface area contributed by atoms with Crippen LogP contribution in [-0.4, -0.2) is 62.3 Å². The second-order valence-corrected chi connectivity index (χ2v) is 11.0. The van der Waals surface area contributed by atoms with E-state index in [-0.39, 0.29) is 0 Å². The van der Waals surface area contributed by atoms with Gasteiger partial charge < -0.3 is 9.47 Å². The molecule has 0 fully saturated rings. The molecular formula is C38H48N2O2. The standard InChI is InChI=1S/C38H48N2O2/c1-5-22-39(23-6-2)26-11-9-13-28-41-31-18-19-32-34-20-21-37(35-17-15-16-33(38(34)35)36(32)30-31)42-29-14-10-12-27-40(24-7-3)25-8-4/h5-8,15-21,30H,1-4,9-14,22-29H2. The molecule has 0 unspecified atom stereocenters. The molecule has 0 N–H and O–H groups in total. The van der Waals surface area contributed by atoms with Crippen molar-refractivity contribution >= 4 is 10.8 Å². The molecule has 0 heterocycles. The summed E-state index contributed by atoms with van der Waals surface area (Å²) in [4.78, 5) is 4.73. The van der Waals surface area contributed by atoms with Crippen LogP contribution >= 0.6 is 0 Å². The largest absolute Gasteiger partial charge is 0.494 e. The maximum Gasteiger partial charge on any atom is 0.127 e. The number of benzene rings is 3. The molecule has 0 saturated heterocycles. The minimum atomic E-state index is 0.729. The van der Waals surface area contributed by atoms with Gasteiger partial charge in [-0.15, -0.1) is 26.3 Å². The van der Waals surface area contributed by atoms with Crippen LogP contribution in [0.5, 0.6) is 11.5 Å². The molecule has 0 bridgehead atoms. The van der Waals surface area contributed by atoms with Gasteiger partial charge in [0, 0.05) is 37.0 Å². The van der Waals surface area contributed by atoms with Gasteiger partial charge in [-0.2, -0.15) is 0 Å². The van der Waals surface area contributed by atoms with Crippen LogP contribution in [-0.2, 0) is 0 Å². The zero-order chi connectivity index (χ0) is 29.6. The van der Waals surface area contributed by atoms with Crippen LogP contribution in [0.25, 0.3) is 33.0 Å². The van der Waals surface area contributed by atoms with Crippen molar-refractivity contribution in [1.82, 2.24) is 9.80 Å². The molecular weight excluding hydrogens is 516 g/mol. The molecule has 1 aliphatic rings. The molecule has 0 radical (unpaired) electrons. The van der Waals surface area contributed by atoms with Gasteiger partial charge in [0.05, 0.1) is 13.2 Å². The van der Waals surface area contributed by atoms with Crippen LogP contribution in [0.2, 0.25) is 0 Å². The van der Waals surface area contributed by atoms with Crippen molar-refractivity contribution in [1.29, 1.82) is 0 Å². The van der Waals surface area contributed by atoms with Crippen LogP contribution in [0.1, 0.15) is 38.5 Å². The number of nitrogens with zero attached hydrogens (tertiary/aromatic N) is 2. The van der Waals surface area contributed by atoms with Crippen molar-refractivity contribution in [2.75, 3.05) is 52.5 Å². The highest BCUT2D eigenvalue weighted by molar-refractivity contribution is 6.16. The van der Waals surface area contributed by atoms with Gasteiger partial charge in [-0.3, -0.25) is 9.80 Å². The lowest BCUT2D eigenvalue weighted by Crippen LogP contribution is -2.25. The Morgan fingerprint density at radius 3 is 1.74 bits per heavy atom. The average Bonchev–Trinajstić information content (AvgIpc) is 3.32. The fourth-order valence-corrected chi connectivity index (χ4v) is 5.87. The smallest absolute Gasteiger partial charge is 0.127 e.